The van der Waals surface area contributed by atoms with Gasteiger partial charge < -0.3 is 4.90 Å². The molecule has 0 saturated carbocycles. The molecule has 3 rings (SSSR count). The normalized spacial score (nSPS) is 17.6. The van der Waals surface area contributed by atoms with Crippen molar-refractivity contribution >= 4 is 15.9 Å². The molecule has 2 aromatic rings. The van der Waals surface area contributed by atoms with Gasteiger partial charge in [0, 0.05) is 26.0 Å². The first-order chi connectivity index (χ1) is 14.0. The summed E-state index contributed by atoms with van der Waals surface area (Å²) >= 11 is 0. The van der Waals surface area contributed by atoms with Gasteiger partial charge in [-0.3, -0.25) is 9.36 Å². The van der Waals surface area contributed by atoms with Crippen LogP contribution in [0.1, 0.15) is 41.9 Å². The first-order valence-corrected chi connectivity index (χ1v) is 11.1. The van der Waals surface area contributed by atoms with Crippen molar-refractivity contribution in [3.05, 3.63) is 47.0 Å². The minimum absolute atomic E-state index is 0.0403. The molecule has 0 aliphatic carbocycles. The van der Waals surface area contributed by atoms with Gasteiger partial charge in [0.1, 0.15) is 11.9 Å². The molecule has 0 N–H and O–H groups in total. The van der Waals surface area contributed by atoms with Gasteiger partial charge in [-0.05, 0) is 44.7 Å². The summed E-state index contributed by atoms with van der Waals surface area (Å²) in [6.45, 7) is 2.73. The van der Waals surface area contributed by atoms with E-state index in [1.54, 1.807) is 13.8 Å². The van der Waals surface area contributed by atoms with Crippen LogP contribution in [-0.4, -0.2) is 52.7 Å². The summed E-state index contributed by atoms with van der Waals surface area (Å²) in [5.74, 6) is -0.388. The summed E-state index contributed by atoms with van der Waals surface area (Å²) in [6.07, 6.45) is 3.33. The van der Waals surface area contributed by atoms with Crippen LogP contribution in [0, 0.1) is 20.8 Å². The smallest absolute Gasteiger partial charge is 0.319 e. The maximum Gasteiger partial charge on any atom is 0.319 e. The number of sulfonamides is 1. The largest absolute Gasteiger partial charge is 0.337 e. The van der Waals surface area contributed by atoms with E-state index in [2.05, 4.69) is 4.98 Å². The van der Waals surface area contributed by atoms with Crippen molar-refractivity contribution in [2.24, 2.45) is 0 Å². The van der Waals surface area contributed by atoms with E-state index < -0.39 is 28.5 Å². The molecule has 1 amide bonds. The van der Waals surface area contributed by atoms with Crippen LogP contribution in [0.3, 0.4) is 0 Å². The number of alkyl halides is 2. The average Bonchev–Trinajstić information content (AvgIpc) is 3.29. The lowest BCUT2D eigenvalue weighted by molar-refractivity contribution is -0.134. The molecule has 10 heteroatoms. The predicted octanol–water partition coefficient (Wildman–Crippen LogP) is 3.02. The van der Waals surface area contributed by atoms with Gasteiger partial charge in [-0.2, -0.15) is 13.1 Å². The fourth-order valence-electron chi connectivity index (χ4n) is 4.15. The van der Waals surface area contributed by atoms with Crippen molar-refractivity contribution < 1.29 is 22.0 Å². The lowest BCUT2D eigenvalue weighted by Crippen LogP contribution is -2.46. The number of carbonyl (C=O) groups excluding carboxylic acids is 1. The van der Waals surface area contributed by atoms with Crippen molar-refractivity contribution in [1.82, 2.24) is 18.8 Å². The number of aromatic nitrogens is 2. The fourth-order valence-corrected chi connectivity index (χ4v) is 6.22. The number of aryl methyl sites for hydroxylation is 3. The standard InChI is InChI=1S/C20H26F2N4O3S/c1-13-10-14(2)18(15(3)11-13)30(28,29)26-8-5-6-16(26)19(27)24(4)12-17-23-7-9-25(17)20(21)22/h7,9-11,16,20H,5-6,8,12H2,1-4H3. The molecular formula is C20H26F2N4O3S. The molecule has 1 aliphatic rings. The van der Waals surface area contributed by atoms with Crippen LogP contribution in [0.2, 0.25) is 0 Å². The second kappa shape index (κ2) is 8.43. The second-order valence-electron chi connectivity index (χ2n) is 7.72. The van der Waals surface area contributed by atoms with Crippen LogP contribution in [0.25, 0.3) is 0 Å². The Kier molecular flexibility index (Phi) is 6.28. The van der Waals surface area contributed by atoms with Crippen LogP contribution >= 0.6 is 0 Å². The number of hydrogen-bond donors (Lipinski definition) is 0. The summed E-state index contributed by atoms with van der Waals surface area (Å²) < 4.78 is 54.9. The number of rotatable bonds is 6. The number of hydrogen-bond acceptors (Lipinski definition) is 4. The Morgan fingerprint density at radius 2 is 1.90 bits per heavy atom. The summed E-state index contributed by atoms with van der Waals surface area (Å²) in [6, 6.07) is 2.75. The van der Waals surface area contributed by atoms with E-state index >= 15 is 0 Å². The fraction of sp³-hybridized carbons (Fsp3) is 0.500. The molecule has 1 fully saturated rings. The van der Waals surface area contributed by atoms with E-state index in [9.17, 15) is 22.0 Å². The topological polar surface area (TPSA) is 75.5 Å². The van der Waals surface area contributed by atoms with Gasteiger partial charge in [-0.15, -0.1) is 0 Å². The molecule has 1 unspecified atom stereocenters. The quantitative estimate of drug-likeness (QED) is 0.692. The molecule has 0 radical (unpaired) electrons. The number of amides is 1. The third kappa shape index (κ3) is 4.11. The van der Waals surface area contributed by atoms with Crippen molar-refractivity contribution in [2.75, 3.05) is 13.6 Å². The maximum absolute atomic E-state index is 13.4. The van der Waals surface area contributed by atoms with E-state index in [1.807, 2.05) is 19.1 Å². The highest BCUT2D eigenvalue weighted by Crippen LogP contribution is 2.31. The second-order valence-corrected chi connectivity index (χ2v) is 9.55. The first-order valence-electron chi connectivity index (χ1n) is 9.68. The van der Waals surface area contributed by atoms with Crippen LogP contribution in [0.4, 0.5) is 8.78 Å². The van der Waals surface area contributed by atoms with Crippen molar-refractivity contribution in [2.45, 2.75) is 57.6 Å². The monoisotopic (exact) mass is 440 g/mol. The first kappa shape index (κ1) is 22.4. The van der Waals surface area contributed by atoms with Gasteiger partial charge in [0.05, 0.1) is 11.4 Å². The zero-order valence-corrected chi connectivity index (χ0v) is 18.3. The summed E-state index contributed by atoms with van der Waals surface area (Å²) in [4.78, 5) is 18.4. The molecule has 2 heterocycles. The van der Waals surface area contributed by atoms with Gasteiger partial charge in [-0.25, -0.2) is 13.4 Å². The molecule has 30 heavy (non-hydrogen) atoms. The number of likely N-dealkylation sites (N-methyl/N-ethyl adjacent to an activating group) is 1. The van der Waals surface area contributed by atoms with Crippen molar-refractivity contribution in [3.8, 4) is 0 Å². The Hall–Kier alpha value is -2.33. The van der Waals surface area contributed by atoms with Crippen LogP contribution in [0.5, 0.6) is 0 Å². The highest BCUT2D eigenvalue weighted by atomic mass is 32.2. The molecule has 0 spiro atoms. The average molecular weight is 441 g/mol. The molecule has 1 aliphatic heterocycles. The summed E-state index contributed by atoms with van der Waals surface area (Å²) in [7, 11) is -2.41. The van der Waals surface area contributed by atoms with E-state index in [-0.39, 0.29) is 23.8 Å². The minimum Gasteiger partial charge on any atom is -0.337 e. The number of halogens is 2. The van der Waals surface area contributed by atoms with E-state index in [0.29, 0.717) is 28.5 Å². The number of nitrogens with zero attached hydrogens (tertiary/aromatic N) is 4. The lowest BCUT2D eigenvalue weighted by atomic mass is 10.1. The molecule has 1 atom stereocenters. The molecule has 0 bridgehead atoms. The van der Waals surface area contributed by atoms with Crippen LogP contribution in [-0.2, 0) is 21.4 Å². The Balaban J connectivity index is 1.86. The third-order valence-electron chi connectivity index (χ3n) is 5.37. The maximum atomic E-state index is 13.4. The van der Waals surface area contributed by atoms with Gasteiger partial charge in [0.15, 0.2) is 0 Å². The number of carbonyl (C=O) groups is 1. The molecule has 1 aromatic heterocycles. The van der Waals surface area contributed by atoms with E-state index in [1.165, 1.54) is 22.4 Å². The Morgan fingerprint density at radius 1 is 1.27 bits per heavy atom. The molecule has 1 aromatic carbocycles. The highest BCUT2D eigenvalue weighted by Gasteiger charge is 2.41. The van der Waals surface area contributed by atoms with Gasteiger partial charge in [0.25, 0.3) is 0 Å². The predicted molar refractivity (Wildman–Crippen MR) is 108 cm³/mol. The summed E-state index contributed by atoms with van der Waals surface area (Å²) in [5.41, 5.74) is 2.24. The van der Waals surface area contributed by atoms with Crippen LogP contribution < -0.4 is 0 Å². The zero-order valence-electron chi connectivity index (χ0n) is 17.5. The zero-order chi connectivity index (χ0) is 22.2. The van der Waals surface area contributed by atoms with Crippen molar-refractivity contribution in [1.29, 1.82) is 0 Å². The van der Waals surface area contributed by atoms with Gasteiger partial charge in [-0.1, -0.05) is 17.7 Å². The van der Waals surface area contributed by atoms with E-state index in [0.717, 1.165) is 11.8 Å². The third-order valence-corrected chi connectivity index (χ3v) is 7.59. The van der Waals surface area contributed by atoms with Gasteiger partial charge >= 0.3 is 6.55 Å². The number of benzene rings is 1. The Bertz CT molecular complexity index is 1030. The lowest BCUT2D eigenvalue weighted by Gasteiger charge is -2.28. The van der Waals surface area contributed by atoms with Crippen molar-refractivity contribution in [3.63, 3.8) is 0 Å². The van der Waals surface area contributed by atoms with Gasteiger partial charge in [0.2, 0.25) is 15.9 Å². The number of imidazole rings is 1. The molecule has 1 saturated heterocycles. The highest BCUT2D eigenvalue weighted by molar-refractivity contribution is 7.89. The Labute approximate surface area is 175 Å². The van der Waals surface area contributed by atoms with E-state index in [4.69, 9.17) is 0 Å². The minimum atomic E-state index is -3.88. The summed E-state index contributed by atoms with van der Waals surface area (Å²) in [5, 5.41) is 0. The SMILES string of the molecule is Cc1cc(C)c(S(=O)(=O)N2CCCC2C(=O)N(C)Cc2nccn2C(F)F)c(C)c1. The molecular weight excluding hydrogens is 414 g/mol. The molecule has 164 valence electrons. The molecule has 7 nitrogen and oxygen atoms in total. The Morgan fingerprint density at radius 3 is 2.50 bits per heavy atom. The van der Waals surface area contributed by atoms with Crippen LogP contribution in [0.15, 0.2) is 29.4 Å².